The van der Waals surface area contributed by atoms with E-state index in [-0.39, 0.29) is 0 Å². The van der Waals surface area contributed by atoms with E-state index >= 15 is 0 Å². The topological polar surface area (TPSA) is 3.24 Å². The van der Waals surface area contributed by atoms with Gasteiger partial charge in [-0.05, 0) is 93.5 Å². The van der Waals surface area contributed by atoms with Crippen LogP contribution in [-0.2, 0) is 0 Å². The van der Waals surface area contributed by atoms with Crippen LogP contribution in [-0.4, -0.2) is 0 Å². The minimum atomic E-state index is 1.12. The van der Waals surface area contributed by atoms with Gasteiger partial charge in [0.15, 0.2) is 0 Å². The summed E-state index contributed by atoms with van der Waals surface area (Å²) in [4.78, 5) is 2.33. The summed E-state index contributed by atoms with van der Waals surface area (Å²) < 4.78 is 2.63. The SMILES string of the molecule is c1ccc(-c2ccc(-c3cc(-c4ccc(N(c5ccccc5)c5ccc(-c6ccccc6)cc5)cc4)c4sc5ccccc5c4c3)cc2)cc1. The van der Waals surface area contributed by atoms with Crippen LogP contribution in [0.25, 0.3) is 64.7 Å². The molecule has 0 N–H and O–H groups in total. The van der Waals surface area contributed by atoms with E-state index in [1.807, 2.05) is 11.3 Å². The molecule has 1 heterocycles. The van der Waals surface area contributed by atoms with Crippen molar-refractivity contribution < 1.29 is 0 Å². The number of hydrogen-bond donors (Lipinski definition) is 0. The van der Waals surface area contributed by atoms with E-state index in [1.54, 1.807) is 0 Å². The van der Waals surface area contributed by atoms with Crippen molar-refractivity contribution in [3.63, 3.8) is 0 Å². The van der Waals surface area contributed by atoms with Crippen molar-refractivity contribution in [1.29, 1.82) is 0 Å². The third-order valence-corrected chi connectivity index (χ3v) is 10.7. The quantitative estimate of drug-likeness (QED) is 0.165. The monoisotopic (exact) mass is 655 g/mol. The molecule has 0 atom stereocenters. The number of nitrogens with zero attached hydrogens (tertiary/aromatic N) is 1. The maximum Gasteiger partial charge on any atom is 0.0462 e. The largest absolute Gasteiger partial charge is 0.311 e. The number of hydrogen-bond acceptors (Lipinski definition) is 2. The van der Waals surface area contributed by atoms with E-state index in [0.29, 0.717) is 0 Å². The highest BCUT2D eigenvalue weighted by Crippen LogP contribution is 2.44. The van der Waals surface area contributed by atoms with Gasteiger partial charge in [-0.15, -0.1) is 11.3 Å². The number of benzene rings is 8. The van der Waals surface area contributed by atoms with Crippen molar-refractivity contribution in [3.05, 3.63) is 200 Å². The Morgan fingerprint density at radius 1 is 0.300 bits per heavy atom. The zero-order valence-electron chi connectivity index (χ0n) is 27.4. The molecule has 0 unspecified atom stereocenters. The summed E-state index contributed by atoms with van der Waals surface area (Å²) >= 11 is 1.88. The molecular formula is C48H33NS. The molecule has 0 saturated heterocycles. The summed E-state index contributed by atoms with van der Waals surface area (Å²) in [5, 5.41) is 2.61. The number of anilines is 3. The van der Waals surface area contributed by atoms with Crippen molar-refractivity contribution in [2.75, 3.05) is 4.90 Å². The molecule has 1 nitrogen and oxygen atoms in total. The first-order chi connectivity index (χ1) is 24.8. The predicted octanol–water partition coefficient (Wildman–Crippen LogP) is 14.2. The van der Waals surface area contributed by atoms with Crippen LogP contribution in [0.4, 0.5) is 17.1 Å². The van der Waals surface area contributed by atoms with E-state index in [2.05, 4.69) is 205 Å². The summed E-state index contributed by atoms with van der Waals surface area (Å²) in [6, 6.07) is 72.2. The molecule has 0 aliphatic heterocycles. The highest BCUT2D eigenvalue weighted by Gasteiger charge is 2.16. The van der Waals surface area contributed by atoms with Crippen LogP contribution in [0.5, 0.6) is 0 Å². The van der Waals surface area contributed by atoms with Crippen molar-refractivity contribution in [1.82, 2.24) is 0 Å². The Balaban J connectivity index is 1.13. The smallest absolute Gasteiger partial charge is 0.0462 e. The van der Waals surface area contributed by atoms with Gasteiger partial charge in [-0.3, -0.25) is 0 Å². The van der Waals surface area contributed by atoms with Crippen molar-refractivity contribution in [2.24, 2.45) is 0 Å². The van der Waals surface area contributed by atoms with Gasteiger partial charge >= 0.3 is 0 Å². The first-order valence-corrected chi connectivity index (χ1v) is 17.8. The third-order valence-electron chi connectivity index (χ3n) is 9.49. The molecule has 9 rings (SSSR count). The highest BCUT2D eigenvalue weighted by atomic mass is 32.1. The van der Waals surface area contributed by atoms with Crippen molar-refractivity contribution in [3.8, 4) is 44.5 Å². The van der Waals surface area contributed by atoms with Gasteiger partial charge in [-0.25, -0.2) is 0 Å². The lowest BCUT2D eigenvalue weighted by molar-refractivity contribution is 1.28. The maximum absolute atomic E-state index is 2.38. The van der Waals surface area contributed by atoms with Gasteiger partial charge in [-0.1, -0.05) is 146 Å². The summed E-state index contributed by atoms with van der Waals surface area (Å²) in [5.74, 6) is 0. The minimum absolute atomic E-state index is 1.12. The molecule has 0 radical (unpaired) electrons. The van der Waals surface area contributed by atoms with E-state index in [1.165, 1.54) is 64.7 Å². The zero-order chi connectivity index (χ0) is 33.3. The van der Waals surface area contributed by atoms with Crippen LogP contribution >= 0.6 is 11.3 Å². The molecule has 50 heavy (non-hydrogen) atoms. The van der Waals surface area contributed by atoms with Crippen LogP contribution in [0.1, 0.15) is 0 Å². The van der Waals surface area contributed by atoms with Crippen LogP contribution in [0.3, 0.4) is 0 Å². The maximum atomic E-state index is 2.38. The second-order valence-corrected chi connectivity index (χ2v) is 13.6. The molecule has 0 bridgehead atoms. The summed E-state index contributed by atoms with van der Waals surface area (Å²) in [6.07, 6.45) is 0. The predicted molar refractivity (Wildman–Crippen MR) is 216 cm³/mol. The fourth-order valence-electron chi connectivity index (χ4n) is 6.94. The fraction of sp³-hybridized carbons (Fsp3) is 0. The second kappa shape index (κ2) is 13.0. The Morgan fingerprint density at radius 3 is 1.30 bits per heavy atom. The van der Waals surface area contributed by atoms with Gasteiger partial charge in [-0.2, -0.15) is 0 Å². The van der Waals surface area contributed by atoms with Crippen LogP contribution in [0.15, 0.2) is 200 Å². The lowest BCUT2D eigenvalue weighted by atomic mass is 9.94. The molecule has 0 saturated carbocycles. The molecule has 0 aliphatic rings. The number of para-hydroxylation sites is 1. The molecule has 0 spiro atoms. The molecule has 1 aromatic heterocycles. The number of fused-ring (bicyclic) bond motifs is 3. The second-order valence-electron chi connectivity index (χ2n) is 12.6. The van der Waals surface area contributed by atoms with Crippen molar-refractivity contribution >= 4 is 48.6 Å². The van der Waals surface area contributed by atoms with Crippen LogP contribution in [0.2, 0.25) is 0 Å². The Kier molecular flexibility index (Phi) is 7.77. The van der Waals surface area contributed by atoms with Gasteiger partial charge in [0.1, 0.15) is 0 Å². The van der Waals surface area contributed by atoms with Crippen LogP contribution in [0, 0.1) is 0 Å². The summed E-state index contributed by atoms with van der Waals surface area (Å²) in [6.45, 7) is 0. The average molecular weight is 656 g/mol. The average Bonchev–Trinajstić information content (AvgIpc) is 3.58. The molecule has 8 aromatic carbocycles. The van der Waals surface area contributed by atoms with Gasteiger partial charge in [0, 0.05) is 42.8 Å². The first-order valence-electron chi connectivity index (χ1n) is 17.0. The molecule has 0 fully saturated rings. The third kappa shape index (κ3) is 5.66. The lowest BCUT2D eigenvalue weighted by Gasteiger charge is -2.26. The van der Waals surface area contributed by atoms with E-state index in [0.717, 1.165) is 17.1 Å². The Bertz CT molecular complexity index is 2530. The fourth-order valence-corrected chi connectivity index (χ4v) is 8.16. The summed E-state index contributed by atoms with van der Waals surface area (Å²) in [5.41, 5.74) is 13.2. The Morgan fingerprint density at radius 2 is 0.720 bits per heavy atom. The molecule has 236 valence electrons. The number of thiophene rings is 1. The Hall–Kier alpha value is -6.22. The van der Waals surface area contributed by atoms with Gasteiger partial charge in [0.05, 0.1) is 0 Å². The molecule has 9 aromatic rings. The van der Waals surface area contributed by atoms with E-state index in [4.69, 9.17) is 0 Å². The summed E-state index contributed by atoms with van der Waals surface area (Å²) in [7, 11) is 0. The zero-order valence-corrected chi connectivity index (χ0v) is 28.2. The van der Waals surface area contributed by atoms with Gasteiger partial charge in [0.25, 0.3) is 0 Å². The van der Waals surface area contributed by atoms with E-state index < -0.39 is 0 Å². The number of rotatable bonds is 7. The molecule has 0 aliphatic carbocycles. The van der Waals surface area contributed by atoms with E-state index in [9.17, 15) is 0 Å². The highest BCUT2D eigenvalue weighted by molar-refractivity contribution is 7.26. The van der Waals surface area contributed by atoms with Gasteiger partial charge < -0.3 is 4.90 Å². The first kappa shape index (κ1) is 29.9. The Labute approximate surface area is 297 Å². The lowest BCUT2D eigenvalue weighted by Crippen LogP contribution is -2.09. The standard InChI is InChI=1S/C48H33NS/c1-4-12-34(13-5-1)36-20-22-38(23-21-36)40-32-45(48-46(33-40)44-18-10-11-19-47(44)50-48)39-26-30-43(31-27-39)49(41-16-8-3-9-17-41)42-28-24-37(25-29-42)35-14-6-2-7-15-35/h1-33H. The van der Waals surface area contributed by atoms with Crippen molar-refractivity contribution in [2.45, 2.75) is 0 Å². The van der Waals surface area contributed by atoms with Crippen LogP contribution < -0.4 is 4.90 Å². The molecule has 0 amide bonds. The normalized spacial score (nSPS) is 11.2. The molecule has 2 heteroatoms. The minimum Gasteiger partial charge on any atom is -0.311 e. The van der Waals surface area contributed by atoms with Gasteiger partial charge in [0.2, 0.25) is 0 Å². The molecular weight excluding hydrogens is 623 g/mol.